The minimum atomic E-state index is -4.52. The average molecular weight is 1590 g/mol. The molecular formula is C76H135IO15SSi5. The van der Waals surface area contributed by atoms with Crippen LogP contribution in [0.2, 0.25) is 90.7 Å². The van der Waals surface area contributed by atoms with Crippen molar-refractivity contribution in [3.8, 4) is 0 Å². The van der Waals surface area contributed by atoms with Gasteiger partial charge in [0.25, 0.3) is 0 Å². The summed E-state index contributed by atoms with van der Waals surface area (Å²) in [5, 5.41) is -2.38. The number of hydrogen-bond acceptors (Lipinski definition) is 15. The number of sulfone groups is 1. The molecule has 562 valence electrons. The van der Waals surface area contributed by atoms with Gasteiger partial charge in [0.1, 0.15) is 36.0 Å². The molecule has 5 unspecified atom stereocenters. The van der Waals surface area contributed by atoms with Crippen molar-refractivity contribution in [2.24, 2.45) is 11.8 Å². The number of hydrogen-bond donors (Lipinski definition) is 0. The number of fused-ring (bicyclic) bond motifs is 1. The number of halogens is 1. The lowest BCUT2D eigenvalue weighted by Crippen LogP contribution is -2.69. The van der Waals surface area contributed by atoms with Gasteiger partial charge < -0.3 is 55.3 Å². The van der Waals surface area contributed by atoms with E-state index in [0.717, 1.165) is 30.3 Å². The summed E-state index contributed by atoms with van der Waals surface area (Å²) in [5.74, 6) is -1.45. The molecule has 5 fully saturated rings. The first-order valence-corrected chi connectivity index (χ1v) is 54.1. The molecule has 0 radical (unpaired) electrons. The van der Waals surface area contributed by atoms with Gasteiger partial charge in [-0.05, 0) is 175 Å². The summed E-state index contributed by atoms with van der Waals surface area (Å²) in [6, 6.07) is 8.38. The predicted molar refractivity (Wildman–Crippen MR) is 419 cm³/mol. The second-order valence-electron chi connectivity index (χ2n) is 37.2. The summed E-state index contributed by atoms with van der Waals surface area (Å²) in [6.45, 7) is 67.7. The van der Waals surface area contributed by atoms with Gasteiger partial charge in [0.2, 0.25) is 0 Å². The Kier molecular flexibility index (Phi) is 29.0. The van der Waals surface area contributed by atoms with E-state index in [1.807, 2.05) is 4.08 Å². The second kappa shape index (κ2) is 33.1. The van der Waals surface area contributed by atoms with Crippen LogP contribution in [0.3, 0.4) is 0 Å². The molecule has 15 nitrogen and oxygen atoms in total. The van der Waals surface area contributed by atoms with E-state index < -0.39 is 142 Å². The van der Waals surface area contributed by atoms with Crippen LogP contribution in [-0.4, -0.2) is 173 Å². The van der Waals surface area contributed by atoms with Crippen LogP contribution in [0.1, 0.15) is 181 Å². The summed E-state index contributed by atoms with van der Waals surface area (Å²) in [5.41, 5.74) is 1.92. The van der Waals surface area contributed by atoms with E-state index in [-0.39, 0.29) is 67.2 Å². The van der Waals surface area contributed by atoms with Crippen molar-refractivity contribution >= 4 is 86.1 Å². The predicted octanol–water partition coefficient (Wildman–Crippen LogP) is 18.6. The molecule has 5 saturated heterocycles. The fraction of sp³-hybridized carbons (Fsp3) is 0.816. The van der Waals surface area contributed by atoms with E-state index >= 15 is 13.2 Å². The number of aldehydes is 1. The number of ketones is 1. The number of Topliss-reactive ketones (excluding diaryl/α,β-unsaturated/α-hetero) is 1. The van der Waals surface area contributed by atoms with E-state index in [2.05, 4.69) is 218 Å². The Labute approximate surface area is 614 Å². The molecule has 5 heterocycles. The standard InChI is InChI=1S/C76H135IO15SSi5/c1-50-44-54(37-39-59-51(2)45-53(84-59)34-33-43-78)85-62(52(50)3)48-63-65(66(82-19)64(87-63)47-56(89-95(22,23)73(7,8)9)49-83-94(20,21)72(4,5)6)71(93(80,81)57-35-31-30-32-36-57)58(79)46-55-38-40-60-67(86-55)69(91-97(26,27)75(13,14)15)70(92-98(28,29)76(16,17)18)68(88-60)61(41-42-77)90-96(24,25)74(10,11)12/h30-32,35-36,41-43,50,53-56,59-71H,2-3,33-34,37-40,44-49H2,1,4-29H3/t50-,53+,54+,55?,56+,59?,60+,61+,62?,63+,64-,65+,66+,67?,68+,69+,70-,71?/m1/s1. The minimum Gasteiger partial charge on any atom is -0.414 e. The van der Waals surface area contributed by atoms with E-state index in [0.29, 0.717) is 51.6 Å². The molecule has 1 aromatic rings. The van der Waals surface area contributed by atoms with Gasteiger partial charge in [-0.25, -0.2) is 8.42 Å². The van der Waals surface area contributed by atoms with Crippen molar-refractivity contribution in [3.63, 3.8) is 0 Å². The third-order valence-corrected chi connectivity index (χ3v) is 49.8. The van der Waals surface area contributed by atoms with E-state index in [1.54, 1.807) is 37.4 Å². The van der Waals surface area contributed by atoms with Gasteiger partial charge >= 0.3 is 0 Å². The van der Waals surface area contributed by atoms with E-state index in [1.165, 1.54) is 0 Å². The molecule has 0 saturated carbocycles. The van der Waals surface area contributed by atoms with Crippen LogP contribution >= 0.6 is 22.6 Å². The minimum absolute atomic E-state index is 0.0354. The molecule has 0 aliphatic carbocycles. The molecule has 6 rings (SSSR count). The second-order valence-corrected chi connectivity index (χ2v) is 63.8. The number of benzene rings is 1. The Balaban J connectivity index is 1.49. The SMILES string of the molecule is C=C1C[C@H](CCC=O)OC1CC[C@H]1C[C@@H](C)C(=C)C(C[C@@H]2O[C@H](C[C@@H](CO[Si](C)(C)C(C)(C)C)O[Si](C)(C)C(C)(C)C)[C@H](OC)[C@H]2C(C(=O)CC2CC[C@@H]3O[C@@H]([C@H](C=CI)O[Si](C)(C)C(C)(C)C)[C@@H](O[Si](C)(C)C(C)(C)C)[C@@H](O[Si](C)(C)C(C)(C)C)C3O2)S(=O)(=O)c2ccccc2)O1. The van der Waals surface area contributed by atoms with Crippen LogP contribution in [0.15, 0.2) is 69.7 Å². The van der Waals surface area contributed by atoms with Crippen LogP contribution < -0.4 is 0 Å². The number of ether oxygens (including phenoxy) is 6. The Hall–Kier alpha value is -0.896. The van der Waals surface area contributed by atoms with Gasteiger partial charge in [-0.3, -0.25) is 4.79 Å². The lowest BCUT2D eigenvalue weighted by molar-refractivity contribution is -0.266. The lowest BCUT2D eigenvalue weighted by Gasteiger charge is -2.56. The number of carbonyl (C=O) groups excluding carboxylic acids is 2. The van der Waals surface area contributed by atoms with Crippen LogP contribution in [0.5, 0.6) is 0 Å². The zero-order chi connectivity index (χ0) is 74.1. The zero-order valence-corrected chi connectivity index (χ0v) is 73.8. The normalized spacial score (nSPS) is 30.4. The molecule has 5 aliphatic rings. The summed E-state index contributed by atoms with van der Waals surface area (Å²) >= 11 is 2.29. The summed E-state index contributed by atoms with van der Waals surface area (Å²) in [6.07, 6.45) is 0.262. The molecule has 0 aromatic heterocycles. The van der Waals surface area contributed by atoms with Crippen molar-refractivity contribution < 1.29 is 68.6 Å². The molecule has 22 heteroatoms. The van der Waals surface area contributed by atoms with E-state index in [9.17, 15) is 4.79 Å². The highest BCUT2D eigenvalue weighted by atomic mass is 127. The molecule has 0 bridgehead atoms. The van der Waals surface area contributed by atoms with Crippen LogP contribution in [0.4, 0.5) is 0 Å². The fourth-order valence-electron chi connectivity index (χ4n) is 13.3. The van der Waals surface area contributed by atoms with Gasteiger partial charge in [0.05, 0.1) is 78.6 Å². The zero-order valence-electron chi connectivity index (χ0n) is 65.8. The molecule has 0 spiro atoms. The van der Waals surface area contributed by atoms with Gasteiger partial charge in [0.15, 0.2) is 57.2 Å². The highest BCUT2D eigenvalue weighted by molar-refractivity contribution is 14.1. The van der Waals surface area contributed by atoms with Crippen LogP contribution in [0, 0.1) is 11.8 Å². The highest BCUT2D eigenvalue weighted by Gasteiger charge is 2.61. The smallest absolute Gasteiger partial charge is 0.193 e. The molecule has 18 atom stereocenters. The van der Waals surface area contributed by atoms with Crippen molar-refractivity contribution in [3.05, 3.63) is 64.8 Å². The summed E-state index contributed by atoms with van der Waals surface area (Å²) in [7, 11) is -15.4. The monoisotopic (exact) mass is 1590 g/mol. The first-order valence-electron chi connectivity index (χ1n) is 36.8. The maximum Gasteiger partial charge on any atom is 0.193 e. The van der Waals surface area contributed by atoms with Crippen molar-refractivity contribution in [1.29, 1.82) is 0 Å². The van der Waals surface area contributed by atoms with Gasteiger partial charge in [-0.15, -0.1) is 0 Å². The third kappa shape index (κ3) is 20.8. The Morgan fingerprint density at radius 2 is 1.20 bits per heavy atom. The largest absolute Gasteiger partial charge is 0.414 e. The number of rotatable bonds is 30. The van der Waals surface area contributed by atoms with Gasteiger partial charge in [0, 0.05) is 38.7 Å². The number of methoxy groups -OCH3 is 1. The molecular weight excluding hydrogens is 1450 g/mol. The summed E-state index contributed by atoms with van der Waals surface area (Å²) in [4.78, 5) is 27.9. The molecule has 98 heavy (non-hydrogen) atoms. The highest BCUT2D eigenvalue weighted by Crippen LogP contribution is 2.50. The Morgan fingerprint density at radius 1 is 0.653 bits per heavy atom. The molecule has 1 aromatic carbocycles. The topological polar surface area (TPSA) is 170 Å². The van der Waals surface area contributed by atoms with Crippen molar-refractivity contribution in [1.82, 2.24) is 0 Å². The molecule has 5 aliphatic heterocycles. The quantitative estimate of drug-likeness (QED) is 0.0308. The van der Waals surface area contributed by atoms with E-state index in [4.69, 9.17) is 50.6 Å². The number of carbonyl (C=O) groups is 2. The van der Waals surface area contributed by atoms with Crippen LogP contribution in [0.25, 0.3) is 0 Å². The summed E-state index contributed by atoms with van der Waals surface area (Å²) < 4.78 is 115. The Morgan fingerprint density at radius 3 is 1.74 bits per heavy atom. The van der Waals surface area contributed by atoms with Gasteiger partial charge in [-0.2, -0.15) is 0 Å². The first kappa shape index (κ1) is 86.0. The Bertz CT molecular complexity index is 2960. The lowest BCUT2D eigenvalue weighted by atomic mass is 9.81. The molecule has 0 N–H and O–H groups in total. The molecule has 0 amide bonds. The third-order valence-electron chi connectivity index (χ3n) is 24.7. The fourth-order valence-corrected chi connectivity index (χ4v) is 22.0. The van der Waals surface area contributed by atoms with Gasteiger partial charge in [-0.1, -0.05) is 165 Å². The van der Waals surface area contributed by atoms with Crippen molar-refractivity contribution in [2.75, 3.05) is 13.7 Å². The maximum atomic E-state index is 16.5. The first-order chi connectivity index (χ1) is 44.7. The van der Waals surface area contributed by atoms with Crippen molar-refractivity contribution in [2.45, 2.75) is 374 Å². The average Bonchev–Trinajstić information content (AvgIpc) is 1.19. The van der Waals surface area contributed by atoms with Crippen LogP contribution in [-0.2, 0) is 70.0 Å². The maximum absolute atomic E-state index is 16.5.